The Kier molecular flexibility index (Phi) is 3.84. The average Bonchev–Trinajstić information content (AvgIpc) is 2.72. The molecule has 0 saturated carbocycles. The van der Waals surface area contributed by atoms with E-state index >= 15 is 0 Å². The fourth-order valence-corrected chi connectivity index (χ4v) is 2.01. The molecule has 2 heterocycles. The summed E-state index contributed by atoms with van der Waals surface area (Å²) in [4.78, 5) is 22.5. The predicted molar refractivity (Wildman–Crippen MR) is 61.1 cm³/mol. The van der Waals surface area contributed by atoms with Crippen molar-refractivity contribution in [3.63, 3.8) is 0 Å². The van der Waals surface area contributed by atoms with E-state index in [9.17, 15) is 9.59 Å². The Morgan fingerprint density at radius 1 is 1.50 bits per heavy atom. The Balaban J connectivity index is 1.75. The molecule has 0 aromatic heterocycles. The van der Waals surface area contributed by atoms with Crippen LogP contribution in [0, 0.1) is 5.92 Å². The number of rotatable bonds is 5. The highest BCUT2D eigenvalue weighted by Gasteiger charge is 2.36. The van der Waals surface area contributed by atoms with Gasteiger partial charge in [-0.25, -0.2) is 0 Å². The van der Waals surface area contributed by atoms with Gasteiger partial charge in [0.1, 0.15) is 12.5 Å². The molecule has 2 unspecified atom stereocenters. The van der Waals surface area contributed by atoms with Crippen molar-refractivity contribution in [2.45, 2.75) is 18.6 Å². The van der Waals surface area contributed by atoms with Gasteiger partial charge in [0.25, 0.3) is 0 Å². The van der Waals surface area contributed by atoms with Crippen LogP contribution in [0.3, 0.4) is 0 Å². The quantitative estimate of drug-likeness (QED) is 0.560. The molecule has 0 aliphatic carbocycles. The molecule has 0 aromatic carbocycles. The van der Waals surface area contributed by atoms with E-state index < -0.39 is 17.9 Å². The lowest BCUT2D eigenvalue weighted by Crippen LogP contribution is -2.60. The lowest BCUT2D eigenvalue weighted by molar-refractivity contribution is -0.143. The molecule has 2 aliphatic heterocycles. The summed E-state index contributed by atoms with van der Waals surface area (Å²) in [7, 11) is 0. The van der Waals surface area contributed by atoms with Crippen molar-refractivity contribution >= 4 is 11.9 Å². The van der Waals surface area contributed by atoms with Crippen molar-refractivity contribution in [2.24, 2.45) is 5.92 Å². The van der Waals surface area contributed by atoms with Gasteiger partial charge in [-0.2, -0.15) is 0 Å². The van der Waals surface area contributed by atoms with Gasteiger partial charge in [0.15, 0.2) is 0 Å². The molecule has 102 valence electrons. The second-order valence-corrected chi connectivity index (χ2v) is 5.00. The Morgan fingerprint density at radius 3 is 2.78 bits per heavy atom. The van der Waals surface area contributed by atoms with E-state index in [-0.39, 0.29) is 31.3 Å². The lowest BCUT2D eigenvalue weighted by atomic mass is 10.0. The van der Waals surface area contributed by atoms with Gasteiger partial charge in [0.2, 0.25) is 5.91 Å². The molecule has 0 aromatic rings. The SMILES string of the molecule is CC1(OCC(=O)NC2COCC2C(=O)O)CNC1. The molecule has 18 heavy (non-hydrogen) atoms. The van der Waals surface area contributed by atoms with E-state index in [1.807, 2.05) is 6.92 Å². The summed E-state index contributed by atoms with van der Waals surface area (Å²) in [6, 6.07) is -0.467. The van der Waals surface area contributed by atoms with Crippen LogP contribution in [0.1, 0.15) is 6.92 Å². The van der Waals surface area contributed by atoms with E-state index in [2.05, 4.69) is 10.6 Å². The van der Waals surface area contributed by atoms with Crippen molar-refractivity contribution in [2.75, 3.05) is 32.9 Å². The molecule has 7 nitrogen and oxygen atoms in total. The third kappa shape index (κ3) is 2.98. The van der Waals surface area contributed by atoms with E-state index in [1.165, 1.54) is 0 Å². The van der Waals surface area contributed by atoms with Gasteiger partial charge in [-0.05, 0) is 6.92 Å². The fourth-order valence-electron chi connectivity index (χ4n) is 2.01. The predicted octanol–water partition coefficient (Wildman–Crippen LogP) is -1.42. The first-order valence-electron chi connectivity index (χ1n) is 5.95. The summed E-state index contributed by atoms with van der Waals surface area (Å²) in [6.45, 7) is 3.70. The van der Waals surface area contributed by atoms with Gasteiger partial charge in [-0.15, -0.1) is 0 Å². The summed E-state index contributed by atoms with van der Waals surface area (Å²) in [5.41, 5.74) is -0.282. The van der Waals surface area contributed by atoms with Crippen LogP contribution in [0.25, 0.3) is 0 Å². The first-order chi connectivity index (χ1) is 8.50. The van der Waals surface area contributed by atoms with E-state index in [0.29, 0.717) is 0 Å². The van der Waals surface area contributed by atoms with E-state index in [0.717, 1.165) is 13.1 Å². The Morgan fingerprint density at radius 2 is 2.22 bits per heavy atom. The molecule has 0 spiro atoms. The van der Waals surface area contributed by atoms with Crippen LogP contribution in [-0.4, -0.2) is 61.5 Å². The maximum absolute atomic E-state index is 11.6. The number of carbonyl (C=O) groups is 2. The zero-order chi connectivity index (χ0) is 13.2. The number of hydrogen-bond donors (Lipinski definition) is 3. The number of carboxylic acid groups (broad SMARTS) is 1. The molecule has 0 bridgehead atoms. The van der Waals surface area contributed by atoms with Crippen molar-refractivity contribution in [1.29, 1.82) is 0 Å². The number of aliphatic carboxylic acids is 1. The summed E-state index contributed by atoms with van der Waals surface area (Å²) in [6.07, 6.45) is 0. The van der Waals surface area contributed by atoms with Gasteiger partial charge in [0, 0.05) is 13.1 Å². The van der Waals surface area contributed by atoms with Gasteiger partial charge >= 0.3 is 5.97 Å². The van der Waals surface area contributed by atoms with Crippen molar-refractivity contribution in [1.82, 2.24) is 10.6 Å². The van der Waals surface area contributed by atoms with Crippen LogP contribution in [0.15, 0.2) is 0 Å². The van der Waals surface area contributed by atoms with Crippen LogP contribution >= 0.6 is 0 Å². The standard InChI is InChI=1S/C11H18N2O5/c1-11(5-12-6-11)18-4-9(14)13-8-3-17-2-7(8)10(15)16/h7-8,12H,2-6H2,1H3,(H,13,14)(H,15,16). The molecule has 2 fully saturated rings. The second-order valence-electron chi connectivity index (χ2n) is 5.00. The molecule has 7 heteroatoms. The normalized spacial score (nSPS) is 29.6. The van der Waals surface area contributed by atoms with E-state index in [1.54, 1.807) is 0 Å². The Labute approximate surface area is 105 Å². The average molecular weight is 258 g/mol. The zero-order valence-corrected chi connectivity index (χ0v) is 10.3. The van der Waals surface area contributed by atoms with Crippen LogP contribution in [0.4, 0.5) is 0 Å². The third-order valence-electron chi connectivity index (χ3n) is 3.29. The second kappa shape index (κ2) is 5.21. The zero-order valence-electron chi connectivity index (χ0n) is 10.3. The first-order valence-corrected chi connectivity index (χ1v) is 5.95. The summed E-state index contributed by atoms with van der Waals surface area (Å²) < 4.78 is 10.5. The lowest BCUT2D eigenvalue weighted by Gasteiger charge is -2.38. The number of carbonyl (C=O) groups excluding carboxylic acids is 1. The molecule has 0 radical (unpaired) electrons. The van der Waals surface area contributed by atoms with Crippen LogP contribution < -0.4 is 10.6 Å². The third-order valence-corrected chi connectivity index (χ3v) is 3.29. The molecule has 1 amide bonds. The van der Waals surface area contributed by atoms with Gasteiger partial charge in [-0.1, -0.05) is 0 Å². The number of hydrogen-bond acceptors (Lipinski definition) is 5. The van der Waals surface area contributed by atoms with Gasteiger partial charge in [0.05, 0.1) is 24.9 Å². The van der Waals surface area contributed by atoms with Gasteiger partial charge < -0.3 is 25.2 Å². The minimum Gasteiger partial charge on any atom is -0.481 e. The van der Waals surface area contributed by atoms with Crippen molar-refractivity contribution < 1.29 is 24.2 Å². The molecule has 2 aliphatic rings. The highest BCUT2D eigenvalue weighted by atomic mass is 16.5. The monoisotopic (exact) mass is 258 g/mol. The number of carboxylic acids is 1. The summed E-state index contributed by atoms with van der Waals surface area (Å²) >= 11 is 0. The fraction of sp³-hybridized carbons (Fsp3) is 0.818. The maximum Gasteiger partial charge on any atom is 0.311 e. The number of amides is 1. The van der Waals surface area contributed by atoms with Crippen molar-refractivity contribution in [3.8, 4) is 0 Å². The van der Waals surface area contributed by atoms with E-state index in [4.69, 9.17) is 14.6 Å². The highest BCUT2D eigenvalue weighted by molar-refractivity contribution is 5.79. The largest absolute Gasteiger partial charge is 0.481 e. The Hall–Kier alpha value is -1.18. The molecule has 2 saturated heterocycles. The van der Waals surface area contributed by atoms with Crippen LogP contribution in [-0.2, 0) is 19.1 Å². The van der Waals surface area contributed by atoms with Crippen molar-refractivity contribution in [3.05, 3.63) is 0 Å². The molecular formula is C11H18N2O5. The van der Waals surface area contributed by atoms with Crippen LogP contribution in [0.5, 0.6) is 0 Å². The molecular weight excluding hydrogens is 240 g/mol. The molecule has 3 N–H and O–H groups in total. The maximum atomic E-state index is 11.6. The first kappa shape index (κ1) is 13.3. The number of nitrogens with one attached hydrogen (secondary N) is 2. The number of ether oxygens (including phenoxy) is 2. The summed E-state index contributed by atoms with van der Waals surface area (Å²) in [5.74, 6) is -1.92. The highest BCUT2D eigenvalue weighted by Crippen LogP contribution is 2.16. The minimum absolute atomic E-state index is 0.0545. The topological polar surface area (TPSA) is 96.9 Å². The smallest absolute Gasteiger partial charge is 0.311 e. The minimum atomic E-state index is -0.950. The molecule has 2 rings (SSSR count). The summed E-state index contributed by atoms with van der Waals surface area (Å²) in [5, 5.41) is 14.6. The Bertz CT molecular complexity index is 342. The molecule has 2 atom stereocenters. The van der Waals surface area contributed by atoms with Gasteiger partial charge in [-0.3, -0.25) is 9.59 Å². The van der Waals surface area contributed by atoms with Crippen LogP contribution in [0.2, 0.25) is 0 Å².